The van der Waals surface area contributed by atoms with Crippen LogP contribution in [0, 0.1) is 0 Å². The van der Waals surface area contributed by atoms with Crippen molar-refractivity contribution in [2.45, 2.75) is 13.5 Å². The zero-order valence-electron chi connectivity index (χ0n) is 10.4. The fourth-order valence-electron chi connectivity index (χ4n) is 1.63. The van der Waals surface area contributed by atoms with Crippen LogP contribution in [0.5, 0.6) is 0 Å². The van der Waals surface area contributed by atoms with Crippen LogP contribution in [0.2, 0.25) is 0 Å². The van der Waals surface area contributed by atoms with Gasteiger partial charge in [-0.25, -0.2) is 0 Å². The molecule has 6 heteroatoms. The van der Waals surface area contributed by atoms with E-state index < -0.39 is 0 Å². The lowest BCUT2D eigenvalue weighted by Gasteiger charge is -2.09. The Bertz CT molecular complexity index is 571. The molecule has 2 rings (SSSR count). The molecule has 2 heterocycles. The van der Waals surface area contributed by atoms with Gasteiger partial charge in [-0.05, 0) is 41.1 Å². The van der Waals surface area contributed by atoms with Gasteiger partial charge in [0, 0.05) is 23.8 Å². The van der Waals surface area contributed by atoms with Gasteiger partial charge in [-0.2, -0.15) is 0 Å². The lowest BCUT2D eigenvalue weighted by Crippen LogP contribution is -2.23. The molecule has 2 N–H and O–H groups in total. The second-order valence-electron chi connectivity index (χ2n) is 3.84. The monoisotopic (exact) mass is 339 g/mol. The Hall–Kier alpha value is -1.40. The highest BCUT2D eigenvalue weighted by Gasteiger charge is 2.11. The summed E-state index contributed by atoms with van der Waals surface area (Å²) >= 11 is 5.01. The zero-order valence-corrected chi connectivity index (χ0v) is 12.8. The predicted octanol–water partition coefficient (Wildman–Crippen LogP) is 3.27. The van der Waals surface area contributed by atoms with Gasteiger partial charge in [0.1, 0.15) is 0 Å². The summed E-state index contributed by atoms with van der Waals surface area (Å²) in [5, 5.41) is 6.05. The summed E-state index contributed by atoms with van der Waals surface area (Å²) in [5.74, 6) is -0.117. The summed E-state index contributed by atoms with van der Waals surface area (Å²) in [6.45, 7) is 3.28. The van der Waals surface area contributed by atoms with Gasteiger partial charge >= 0.3 is 0 Å². The molecule has 0 aromatic carbocycles. The van der Waals surface area contributed by atoms with Gasteiger partial charge in [-0.3, -0.25) is 9.78 Å². The van der Waals surface area contributed by atoms with E-state index in [1.54, 1.807) is 29.8 Å². The van der Waals surface area contributed by atoms with Crippen LogP contribution < -0.4 is 10.6 Å². The highest BCUT2D eigenvalue weighted by molar-refractivity contribution is 9.11. The molecule has 0 saturated carbocycles. The summed E-state index contributed by atoms with van der Waals surface area (Å²) in [4.78, 5) is 17.2. The molecule has 0 saturated heterocycles. The van der Waals surface area contributed by atoms with Crippen molar-refractivity contribution in [3.63, 3.8) is 0 Å². The summed E-state index contributed by atoms with van der Waals surface area (Å²) in [5.41, 5.74) is 1.38. The standard InChI is InChI=1S/C13H14BrN3OS/c1-2-16-11-5-6-15-8-10(11)13(18)17-7-9-3-4-12(14)19-9/h3-6,8H,2,7H2,1H3,(H,15,16)(H,17,18). The molecule has 1 amide bonds. The molecule has 0 unspecified atom stereocenters. The van der Waals surface area contributed by atoms with Gasteiger partial charge in [0.2, 0.25) is 0 Å². The summed E-state index contributed by atoms with van der Waals surface area (Å²) in [6, 6.07) is 5.77. The molecule has 0 radical (unpaired) electrons. The third-order valence-electron chi connectivity index (χ3n) is 2.48. The molecular weight excluding hydrogens is 326 g/mol. The minimum atomic E-state index is -0.117. The Morgan fingerprint density at radius 1 is 1.42 bits per heavy atom. The molecule has 100 valence electrons. The number of thiophene rings is 1. The van der Waals surface area contributed by atoms with Crippen molar-refractivity contribution in [3.8, 4) is 0 Å². The Balaban J connectivity index is 2.03. The number of carbonyl (C=O) groups is 1. The number of hydrogen-bond acceptors (Lipinski definition) is 4. The van der Waals surface area contributed by atoms with Crippen LogP contribution in [0.15, 0.2) is 34.4 Å². The lowest BCUT2D eigenvalue weighted by molar-refractivity contribution is 0.0952. The van der Waals surface area contributed by atoms with Crippen molar-refractivity contribution in [1.29, 1.82) is 0 Å². The van der Waals surface area contributed by atoms with E-state index in [1.807, 2.05) is 19.1 Å². The third kappa shape index (κ3) is 3.78. The van der Waals surface area contributed by atoms with Crippen molar-refractivity contribution < 1.29 is 4.79 Å². The number of hydrogen-bond donors (Lipinski definition) is 2. The molecular formula is C13H14BrN3OS. The van der Waals surface area contributed by atoms with Crippen molar-refractivity contribution in [2.75, 3.05) is 11.9 Å². The Labute approximate surface area is 124 Å². The van der Waals surface area contributed by atoms with Crippen molar-refractivity contribution in [2.24, 2.45) is 0 Å². The molecule has 0 spiro atoms. The maximum atomic E-state index is 12.1. The maximum Gasteiger partial charge on any atom is 0.255 e. The molecule has 0 bridgehead atoms. The van der Waals surface area contributed by atoms with Crippen LogP contribution in [0.4, 0.5) is 5.69 Å². The molecule has 2 aromatic rings. The fourth-order valence-corrected chi connectivity index (χ4v) is 3.05. The van der Waals surface area contributed by atoms with Gasteiger partial charge in [0.15, 0.2) is 0 Å². The summed E-state index contributed by atoms with van der Waals surface area (Å²) < 4.78 is 1.06. The van der Waals surface area contributed by atoms with Crippen LogP contribution in [0.3, 0.4) is 0 Å². The molecule has 0 atom stereocenters. The first-order valence-corrected chi connectivity index (χ1v) is 7.52. The first-order valence-electron chi connectivity index (χ1n) is 5.91. The van der Waals surface area contributed by atoms with Crippen molar-refractivity contribution >= 4 is 38.9 Å². The van der Waals surface area contributed by atoms with E-state index in [2.05, 4.69) is 31.5 Å². The number of anilines is 1. The molecule has 0 aliphatic rings. The molecule has 2 aromatic heterocycles. The average molecular weight is 340 g/mol. The largest absolute Gasteiger partial charge is 0.385 e. The Morgan fingerprint density at radius 3 is 2.95 bits per heavy atom. The van der Waals surface area contributed by atoms with E-state index >= 15 is 0 Å². The number of carbonyl (C=O) groups excluding carboxylic acids is 1. The van der Waals surface area contributed by atoms with Crippen LogP contribution in [-0.2, 0) is 6.54 Å². The normalized spacial score (nSPS) is 10.2. The number of nitrogens with zero attached hydrogens (tertiary/aromatic N) is 1. The van der Waals surface area contributed by atoms with E-state index in [9.17, 15) is 4.79 Å². The minimum Gasteiger partial charge on any atom is -0.385 e. The van der Waals surface area contributed by atoms with Crippen LogP contribution >= 0.6 is 27.3 Å². The Kier molecular flexibility index (Phi) is 4.93. The molecule has 0 aliphatic carbocycles. The van der Waals surface area contributed by atoms with Gasteiger partial charge in [0.25, 0.3) is 5.91 Å². The number of nitrogens with one attached hydrogen (secondary N) is 2. The number of aromatic nitrogens is 1. The number of amides is 1. The van der Waals surface area contributed by atoms with E-state index in [1.165, 1.54) is 0 Å². The smallest absolute Gasteiger partial charge is 0.255 e. The Morgan fingerprint density at radius 2 is 2.26 bits per heavy atom. The first-order chi connectivity index (χ1) is 9.20. The van der Waals surface area contributed by atoms with E-state index in [-0.39, 0.29) is 5.91 Å². The number of halogens is 1. The third-order valence-corrected chi connectivity index (χ3v) is 4.11. The topological polar surface area (TPSA) is 54.0 Å². The van der Waals surface area contributed by atoms with E-state index in [0.717, 1.165) is 20.9 Å². The average Bonchev–Trinajstić information content (AvgIpc) is 2.83. The van der Waals surface area contributed by atoms with Gasteiger partial charge in [-0.1, -0.05) is 0 Å². The van der Waals surface area contributed by atoms with Gasteiger partial charge < -0.3 is 10.6 Å². The summed E-state index contributed by atoms with van der Waals surface area (Å²) in [6.07, 6.45) is 3.25. The molecule has 0 aliphatic heterocycles. The SMILES string of the molecule is CCNc1ccncc1C(=O)NCc1ccc(Br)s1. The predicted molar refractivity (Wildman–Crippen MR) is 81.6 cm³/mol. The van der Waals surface area contributed by atoms with Crippen LogP contribution in [-0.4, -0.2) is 17.4 Å². The van der Waals surface area contributed by atoms with E-state index in [0.29, 0.717) is 12.1 Å². The summed E-state index contributed by atoms with van der Waals surface area (Å²) in [7, 11) is 0. The zero-order chi connectivity index (χ0) is 13.7. The lowest BCUT2D eigenvalue weighted by atomic mass is 10.2. The van der Waals surface area contributed by atoms with Crippen molar-refractivity contribution in [1.82, 2.24) is 10.3 Å². The maximum absolute atomic E-state index is 12.1. The van der Waals surface area contributed by atoms with Crippen LogP contribution in [0.1, 0.15) is 22.2 Å². The quantitative estimate of drug-likeness (QED) is 0.878. The van der Waals surface area contributed by atoms with Gasteiger partial charge in [-0.15, -0.1) is 11.3 Å². The van der Waals surface area contributed by atoms with E-state index in [4.69, 9.17) is 0 Å². The second-order valence-corrected chi connectivity index (χ2v) is 6.39. The second kappa shape index (κ2) is 6.68. The minimum absolute atomic E-state index is 0.117. The molecule has 4 nitrogen and oxygen atoms in total. The van der Waals surface area contributed by atoms with Crippen molar-refractivity contribution in [3.05, 3.63) is 44.8 Å². The number of pyridine rings is 1. The highest BCUT2D eigenvalue weighted by Crippen LogP contribution is 2.22. The molecule has 19 heavy (non-hydrogen) atoms. The number of rotatable bonds is 5. The fraction of sp³-hybridized carbons (Fsp3) is 0.231. The van der Waals surface area contributed by atoms with Gasteiger partial charge in [0.05, 0.1) is 21.6 Å². The molecule has 0 fully saturated rings. The highest BCUT2D eigenvalue weighted by atomic mass is 79.9. The van der Waals surface area contributed by atoms with Crippen LogP contribution in [0.25, 0.3) is 0 Å². The first kappa shape index (κ1) is 14.0.